The van der Waals surface area contributed by atoms with Crippen LogP contribution >= 0.6 is 11.6 Å². The molecule has 0 aliphatic rings. The van der Waals surface area contributed by atoms with E-state index >= 15 is 0 Å². The van der Waals surface area contributed by atoms with Crippen molar-refractivity contribution in [3.05, 3.63) is 34.9 Å². The highest BCUT2D eigenvalue weighted by Gasteiger charge is 2.16. The van der Waals surface area contributed by atoms with E-state index < -0.39 is 5.97 Å². The van der Waals surface area contributed by atoms with E-state index in [4.69, 9.17) is 26.2 Å². The van der Waals surface area contributed by atoms with Crippen LogP contribution in [0.4, 0.5) is 0 Å². The van der Waals surface area contributed by atoms with Crippen molar-refractivity contribution in [1.82, 2.24) is 0 Å². The number of rotatable bonds is 5. The average molecular weight is 257 g/mol. The van der Waals surface area contributed by atoms with Gasteiger partial charge >= 0.3 is 5.97 Å². The molecule has 0 saturated heterocycles. The first kappa shape index (κ1) is 13.4. The summed E-state index contributed by atoms with van der Waals surface area (Å²) < 4.78 is 10.5. The van der Waals surface area contributed by atoms with Gasteiger partial charge in [0.25, 0.3) is 0 Å². The summed E-state index contributed by atoms with van der Waals surface area (Å²) in [6, 6.07) is 4.70. The van der Waals surface area contributed by atoms with Crippen LogP contribution in [0.2, 0.25) is 0 Å². The van der Waals surface area contributed by atoms with Crippen LogP contribution in [0.3, 0.4) is 0 Å². The maximum Gasteiger partial charge on any atom is 0.339 e. The van der Waals surface area contributed by atoms with Gasteiger partial charge in [0.2, 0.25) is 0 Å². The zero-order valence-corrected chi connectivity index (χ0v) is 10.3. The number of hydrogen-bond acceptors (Lipinski definition) is 3. The molecule has 0 aliphatic carbocycles. The van der Waals surface area contributed by atoms with Gasteiger partial charge in [-0.3, -0.25) is 0 Å². The fourth-order valence-corrected chi connectivity index (χ4v) is 1.27. The second kappa shape index (κ2) is 6.15. The zero-order chi connectivity index (χ0) is 12.8. The average Bonchev–Trinajstić information content (AvgIpc) is 2.35. The van der Waals surface area contributed by atoms with Crippen molar-refractivity contribution in [3.63, 3.8) is 0 Å². The first-order chi connectivity index (χ1) is 8.10. The Morgan fingerprint density at radius 2 is 2.24 bits per heavy atom. The van der Waals surface area contributed by atoms with Crippen LogP contribution in [0.25, 0.3) is 0 Å². The molecule has 1 N–H and O–H groups in total. The summed E-state index contributed by atoms with van der Waals surface area (Å²) in [6.07, 6.45) is 0. The first-order valence-electron chi connectivity index (χ1n) is 4.89. The van der Waals surface area contributed by atoms with E-state index in [-0.39, 0.29) is 17.9 Å². The summed E-state index contributed by atoms with van der Waals surface area (Å²) in [4.78, 5) is 11.0. The van der Waals surface area contributed by atoms with E-state index in [0.29, 0.717) is 5.75 Å². The van der Waals surface area contributed by atoms with Crippen molar-refractivity contribution in [2.75, 3.05) is 13.7 Å². The molecule has 1 aromatic rings. The maximum atomic E-state index is 11.0. The van der Waals surface area contributed by atoms with E-state index in [9.17, 15) is 4.79 Å². The van der Waals surface area contributed by atoms with E-state index in [1.165, 1.54) is 18.7 Å². The van der Waals surface area contributed by atoms with E-state index in [0.717, 1.165) is 5.57 Å². The fraction of sp³-hybridized carbons (Fsp3) is 0.250. The van der Waals surface area contributed by atoms with E-state index in [1.807, 2.05) is 0 Å². The SMILES string of the molecule is COc1cccc(C(=O)O)c1OC/C(C)=C/Cl. The van der Waals surface area contributed by atoms with Crippen LogP contribution in [0.1, 0.15) is 17.3 Å². The molecule has 0 saturated carbocycles. The summed E-state index contributed by atoms with van der Waals surface area (Å²) in [5.41, 5.74) is 2.23. The van der Waals surface area contributed by atoms with Crippen molar-refractivity contribution >= 4 is 17.6 Å². The molecular formula is C12H13ClO4. The molecule has 1 aromatic carbocycles. The molecule has 17 heavy (non-hydrogen) atoms. The molecule has 4 nitrogen and oxygen atoms in total. The highest BCUT2D eigenvalue weighted by atomic mass is 35.5. The Hall–Kier alpha value is -1.68. The topological polar surface area (TPSA) is 55.8 Å². The van der Waals surface area contributed by atoms with Crippen LogP contribution in [-0.2, 0) is 0 Å². The van der Waals surface area contributed by atoms with Crippen LogP contribution in [-0.4, -0.2) is 24.8 Å². The lowest BCUT2D eigenvalue weighted by atomic mass is 10.2. The second-order valence-electron chi connectivity index (χ2n) is 3.39. The third kappa shape index (κ3) is 3.39. The molecule has 0 fully saturated rings. The third-order valence-corrected chi connectivity index (χ3v) is 2.43. The van der Waals surface area contributed by atoms with Gasteiger partial charge in [-0.15, -0.1) is 0 Å². The molecule has 1 rings (SSSR count). The monoisotopic (exact) mass is 256 g/mol. The molecule has 0 bridgehead atoms. The lowest BCUT2D eigenvalue weighted by Gasteiger charge is -2.12. The van der Waals surface area contributed by atoms with Gasteiger partial charge in [0, 0.05) is 5.54 Å². The Morgan fingerprint density at radius 1 is 1.53 bits per heavy atom. The molecule has 0 heterocycles. The number of carboxylic acid groups (broad SMARTS) is 1. The molecule has 0 aromatic heterocycles. The Balaban J connectivity index is 3.05. The molecule has 0 radical (unpaired) electrons. The van der Waals surface area contributed by atoms with Crippen molar-refractivity contribution in [1.29, 1.82) is 0 Å². The predicted octanol–water partition coefficient (Wildman–Crippen LogP) is 2.91. The second-order valence-corrected chi connectivity index (χ2v) is 3.60. The van der Waals surface area contributed by atoms with Crippen LogP contribution in [0.5, 0.6) is 11.5 Å². The maximum absolute atomic E-state index is 11.0. The summed E-state index contributed by atoms with van der Waals surface area (Å²) >= 11 is 5.50. The lowest BCUT2D eigenvalue weighted by molar-refractivity contribution is 0.0692. The van der Waals surface area contributed by atoms with Crippen LogP contribution in [0, 0.1) is 0 Å². The minimum atomic E-state index is -1.06. The van der Waals surface area contributed by atoms with Gasteiger partial charge in [0.05, 0.1) is 7.11 Å². The minimum absolute atomic E-state index is 0.0618. The van der Waals surface area contributed by atoms with Gasteiger partial charge in [-0.05, 0) is 24.6 Å². The normalized spacial score (nSPS) is 11.1. The summed E-state index contributed by atoms with van der Waals surface area (Å²) in [6.45, 7) is 1.99. The Bertz CT molecular complexity index is 440. The highest BCUT2D eigenvalue weighted by Crippen LogP contribution is 2.31. The summed E-state index contributed by atoms with van der Waals surface area (Å²) in [5.74, 6) is -0.473. The van der Waals surface area contributed by atoms with Gasteiger partial charge in [-0.2, -0.15) is 0 Å². The number of carbonyl (C=O) groups is 1. The van der Waals surface area contributed by atoms with Crippen molar-refractivity contribution < 1.29 is 19.4 Å². The highest BCUT2D eigenvalue weighted by molar-refractivity contribution is 6.25. The van der Waals surface area contributed by atoms with Gasteiger partial charge in [-0.25, -0.2) is 4.79 Å². The zero-order valence-electron chi connectivity index (χ0n) is 9.57. The van der Waals surface area contributed by atoms with Gasteiger partial charge in [0.15, 0.2) is 11.5 Å². The van der Waals surface area contributed by atoms with Crippen molar-refractivity contribution in [2.24, 2.45) is 0 Å². The summed E-state index contributed by atoms with van der Waals surface area (Å²) in [5, 5.41) is 9.03. The lowest BCUT2D eigenvalue weighted by Crippen LogP contribution is -2.06. The molecule has 0 spiro atoms. The molecule has 0 atom stereocenters. The molecule has 0 aliphatic heterocycles. The number of hydrogen-bond donors (Lipinski definition) is 1. The van der Waals surface area contributed by atoms with Crippen LogP contribution in [0.15, 0.2) is 29.3 Å². The number of benzene rings is 1. The Kier molecular flexibility index (Phi) is 4.84. The number of carboxylic acids is 1. The number of ether oxygens (including phenoxy) is 2. The quantitative estimate of drug-likeness (QED) is 0.880. The van der Waals surface area contributed by atoms with E-state index in [1.54, 1.807) is 19.1 Å². The number of para-hydroxylation sites is 1. The first-order valence-corrected chi connectivity index (χ1v) is 5.32. The third-order valence-electron chi connectivity index (χ3n) is 2.06. The number of methoxy groups -OCH3 is 1. The van der Waals surface area contributed by atoms with Gasteiger partial charge in [0.1, 0.15) is 12.2 Å². The van der Waals surface area contributed by atoms with Gasteiger partial charge < -0.3 is 14.6 Å². The van der Waals surface area contributed by atoms with Crippen molar-refractivity contribution in [2.45, 2.75) is 6.92 Å². The minimum Gasteiger partial charge on any atom is -0.493 e. The summed E-state index contributed by atoms with van der Waals surface area (Å²) in [7, 11) is 1.46. The molecule has 5 heteroatoms. The van der Waals surface area contributed by atoms with Crippen molar-refractivity contribution in [3.8, 4) is 11.5 Å². The standard InChI is InChI=1S/C12H13ClO4/c1-8(6-13)7-17-11-9(12(14)15)4-3-5-10(11)16-2/h3-6H,7H2,1-2H3,(H,14,15)/b8-6+. The number of aromatic carboxylic acids is 1. The predicted molar refractivity (Wildman–Crippen MR) is 65.1 cm³/mol. The fourth-order valence-electron chi connectivity index (χ4n) is 1.21. The van der Waals surface area contributed by atoms with Crippen LogP contribution < -0.4 is 9.47 Å². The van der Waals surface area contributed by atoms with E-state index in [2.05, 4.69) is 0 Å². The molecule has 0 amide bonds. The molecule has 0 unspecified atom stereocenters. The largest absolute Gasteiger partial charge is 0.493 e. The number of halogens is 1. The Morgan fingerprint density at radius 3 is 2.76 bits per heavy atom. The molecule has 92 valence electrons. The molecular weight excluding hydrogens is 244 g/mol. The smallest absolute Gasteiger partial charge is 0.339 e. The van der Waals surface area contributed by atoms with Gasteiger partial charge in [-0.1, -0.05) is 17.7 Å². The Labute approximate surface area is 104 Å².